The number of aromatic amines is 1. The number of hydrogen-bond donors (Lipinski definition) is 2. The third-order valence-corrected chi connectivity index (χ3v) is 7.28. The maximum absolute atomic E-state index is 12.5. The van der Waals surface area contributed by atoms with Gasteiger partial charge in [0.2, 0.25) is 5.91 Å². The van der Waals surface area contributed by atoms with Crippen LogP contribution in [-0.4, -0.2) is 26.6 Å². The summed E-state index contributed by atoms with van der Waals surface area (Å²) in [5, 5.41) is 4.36. The van der Waals surface area contributed by atoms with Crippen molar-refractivity contribution in [3.05, 3.63) is 83.9 Å². The van der Waals surface area contributed by atoms with Gasteiger partial charge in [-0.3, -0.25) is 4.79 Å². The van der Waals surface area contributed by atoms with Crippen molar-refractivity contribution in [3.63, 3.8) is 0 Å². The van der Waals surface area contributed by atoms with E-state index in [-0.39, 0.29) is 5.91 Å². The molecule has 2 N–H and O–H groups in total. The van der Waals surface area contributed by atoms with E-state index in [1.165, 1.54) is 22.5 Å². The summed E-state index contributed by atoms with van der Waals surface area (Å²) < 4.78 is 1.06. The normalized spacial score (nSPS) is 11.1. The number of fused-ring (bicyclic) bond motifs is 1. The van der Waals surface area contributed by atoms with E-state index >= 15 is 0 Å². The van der Waals surface area contributed by atoms with Crippen LogP contribution in [0.25, 0.3) is 32.7 Å². The quantitative estimate of drug-likeness (QED) is 0.242. The van der Waals surface area contributed by atoms with Gasteiger partial charge in [-0.15, -0.1) is 0 Å². The average Bonchev–Trinajstić information content (AvgIpc) is 3.44. The first-order valence-electron chi connectivity index (χ1n) is 11.1. The van der Waals surface area contributed by atoms with Crippen LogP contribution in [0.4, 0.5) is 5.13 Å². The number of benzene rings is 3. The SMILES string of the molecule is Cc1ccc(-c2nc(SCCC(=O)Nc3nc4ccccc4s3)[nH]c2-c2ccc(C)cc2)cc1. The highest BCUT2D eigenvalue weighted by Gasteiger charge is 2.15. The Morgan fingerprint density at radius 1 is 0.912 bits per heavy atom. The summed E-state index contributed by atoms with van der Waals surface area (Å²) >= 11 is 3.04. The van der Waals surface area contributed by atoms with Gasteiger partial charge in [0.25, 0.3) is 0 Å². The van der Waals surface area contributed by atoms with E-state index in [0.717, 1.165) is 37.9 Å². The van der Waals surface area contributed by atoms with Gasteiger partial charge < -0.3 is 10.3 Å². The van der Waals surface area contributed by atoms with Crippen LogP contribution >= 0.6 is 23.1 Å². The maximum Gasteiger partial charge on any atom is 0.226 e. The molecule has 7 heteroatoms. The molecule has 5 rings (SSSR count). The number of aryl methyl sites for hydroxylation is 2. The molecule has 2 aromatic heterocycles. The third-order valence-electron chi connectivity index (χ3n) is 5.46. The Balaban J connectivity index is 1.29. The topological polar surface area (TPSA) is 70.7 Å². The lowest BCUT2D eigenvalue weighted by Gasteiger charge is -2.04. The molecule has 170 valence electrons. The molecule has 2 heterocycles. The number of carbonyl (C=O) groups is 1. The summed E-state index contributed by atoms with van der Waals surface area (Å²) in [4.78, 5) is 25.3. The molecule has 0 aliphatic heterocycles. The fourth-order valence-electron chi connectivity index (χ4n) is 3.62. The number of imidazole rings is 1. The van der Waals surface area contributed by atoms with Gasteiger partial charge in [0, 0.05) is 23.3 Å². The number of carbonyl (C=O) groups excluding carboxylic acids is 1. The maximum atomic E-state index is 12.5. The smallest absolute Gasteiger partial charge is 0.226 e. The zero-order chi connectivity index (χ0) is 23.5. The highest BCUT2D eigenvalue weighted by molar-refractivity contribution is 7.99. The standard InChI is InChI=1S/C27H24N4OS2/c1-17-7-11-19(12-8-17)24-25(20-13-9-18(2)10-14-20)31-26(30-24)33-16-15-23(32)29-27-28-21-5-3-4-6-22(21)34-27/h3-14H,15-16H2,1-2H3,(H,30,31)(H,28,29,32). The fraction of sp³-hybridized carbons (Fsp3) is 0.148. The van der Waals surface area contributed by atoms with Crippen molar-refractivity contribution in [1.29, 1.82) is 0 Å². The zero-order valence-electron chi connectivity index (χ0n) is 19.0. The number of amides is 1. The summed E-state index contributed by atoms with van der Waals surface area (Å²) in [6, 6.07) is 24.7. The Labute approximate surface area is 206 Å². The first-order valence-corrected chi connectivity index (χ1v) is 12.9. The summed E-state index contributed by atoms with van der Waals surface area (Å²) in [6.45, 7) is 4.16. The summed E-state index contributed by atoms with van der Waals surface area (Å²) in [7, 11) is 0. The number of para-hydroxylation sites is 1. The summed E-state index contributed by atoms with van der Waals surface area (Å²) in [6.07, 6.45) is 0.376. The van der Waals surface area contributed by atoms with Crippen molar-refractivity contribution in [2.24, 2.45) is 0 Å². The number of thiazole rings is 1. The molecule has 0 bridgehead atoms. The minimum atomic E-state index is -0.0457. The molecule has 5 nitrogen and oxygen atoms in total. The molecule has 0 atom stereocenters. The van der Waals surface area contributed by atoms with E-state index in [4.69, 9.17) is 4.98 Å². The van der Waals surface area contributed by atoms with Crippen LogP contribution < -0.4 is 5.32 Å². The van der Waals surface area contributed by atoms with Crippen molar-refractivity contribution >= 4 is 44.4 Å². The van der Waals surface area contributed by atoms with Crippen LogP contribution in [0.2, 0.25) is 0 Å². The van der Waals surface area contributed by atoms with Crippen LogP contribution in [0.3, 0.4) is 0 Å². The van der Waals surface area contributed by atoms with Gasteiger partial charge in [-0.25, -0.2) is 9.97 Å². The van der Waals surface area contributed by atoms with Crippen LogP contribution in [0.1, 0.15) is 17.5 Å². The van der Waals surface area contributed by atoms with Crippen molar-refractivity contribution in [3.8, 4) is 22.5 Å². The number of thioether (sulfide) groups is 1. The minimum Gasteiger partial charge on any atom is -0.332 e. The van der Waals surface area contributed by atoms with Crippen molar-refractivity contribution < 1.29 is 4.79 Å². The predicted octanol–water partition coefficient (Wildman–Crippen LogP) is 7.09. The van der Waals surface area contributed by atoms with Crippen LogP contribution in [-0.2, 0) is 4.79 Å². The molecule has 0 saturated heterocycles. The van der Waals surface area contributed by atoms with Gasteiger partial charge in [-0.2, -0.15) is 0 Å². The molecule has 0 radical (unpaired) electrons. The molecule has 0 unspecified atom stereocenters. The molecule has 0 saturated carbocycles. The monoisotopic (exact) mass is 484 g/mol. The molecular formula is C27H24N4OS2. The lowest BCUT2D eigenvalue weighted by atomic mass is 10.0. The second kappa shape index (κ2) is 9.83. The highest BCUT2D eigenvalue weighted by Crippen LogP contribution is 2.33. The average molecular weight is 485 g/mol. The van der Waals surface area contributed by atoms with Crippen LogP contribution in [0.15, 0.2) is 78.0 Å². The Kier molecular flexibility index (Phi) is 6.47. The number of nitrogens with zero attached hydrogens (tertiary/aromatic N) is 2. The second-order valence-electron chi connectivity index (χ2n) is 8.13. The predicted molar refractivity (Wildman–Crippen MR) is 143 cm³/mol. The van der Waals surface area contributed by atoms with Gasteiger partial charge in [-0.1, -0.05) is 94.9 Å². The van der Waals surface area contributed by atoms with E-state index in [1.807, 2.05) is 24.3 Å². The Hall–Kier alpha value is -3.42. The highest BCUT2D eigenvalue weighted by atomic mass is 32.2. The first-order chi connectivity index (χ1) is 16.5. The molecule has 34 heavy (non-hydrogen) atoms. The van der Waals surface area contributed by atoms with E-state index < -0.39 is 0 Å². The lowest BCUT2D eigenvalue weighted by molar-refractivity contribution is -0.115. The molecule has 0 fully saturated rings. The van der Waals surface area contributed by atoms with E-state index in [0.29, 0.717) is 17.3 Å². The number of rotatable bonds is 7. The van der Waals surface area contributed by atoms with Crippen molar-refractivity contribution in [2.75, 3.05) is 11.1 Å². The first kappa shape index (κ1) is 22.4. The van der Waals surface area contributed by atoms with Gasteiger partial charge in [0.05, 0.1) is 21.6 Å². The number of anilines is 1. The van der Waals surface area contributed by atoms with Crippen LogP contribution in [0, 0.1) is 13.8 Å². The van der Waals surface area contributed by atoms with E-state index in [1.54, 1.807) is 11.8 Å². The Bertz CT molecular complexity index is 1340. The molecule has 0 aliphatic carbocycles. The molecular weight excluding hydrogens is 460 g/mol. The minimum absolute atomic E-state index is 0.0457. The fourth-order valence-corrected chi connectivity index (χ4v) is 5.31. The van der Waals surface area contributed by atoms with Gasteiger partial charge in [0.1, 0.15) is 0 Å². The molecule has 0 aliphatic rings. The third kappa shape index (κ3) is 5.05. The number of nitrogens with one attached hydrogen (secondary N) is 2. The summed E-state index contributed by atoms with van der Waals surface area (Å²) in [5.41, 5.74) is 7.40. The largest absolute Gasteiger partial charge is 0.332 e. The van der Waals surface area contributed by atoms with Crippen LogP contribution in [0.5, 0.6) is 0 Å². The number of hydrogen-bond acceptors (Lipinski definition) is 5. The van der Waals surface area contributed by atoms with Crippen molar-refractivity contribution in [2.45, 2.75) is 25.4 Å². The zero-order valence-corrected chi connectivity index (χ0v) is 20.6. The van der Waals surface area contributed by atoms with Gasteiger partial charge >= 0.3 is 0 Å². The van der Waals surface area contributed by atoms with E-state index in [9.17, 15) is 4.79 Å². The summed E-state index contributed by atoms with van der Waals surface area (Å²) in [5.74, 6) is 0.570. The lowest BCUT2D eigenvalue weighted by Crippen LogP contribution is -2.11. The molecule has 1 amide bonds. The number of aromatic nitrogens is 3. The number of H-pyrrole nitrogens is 1. The van der Waals surface area contributed by atoms with Gasteiger partial charge in [0.15, 0.2) is 10.3 Å². The van der Waals surface area contributed by atoms with Crippen molar-refractivity contribution in [1.82, 2.24) is 15.0 Å². The molecule has 0 spiro atoms. The Morgan fingerprint density at radius 2 is 1.59 bits per heavy atom. The van der Waals surface area contributed by atoms with E-state index in [2.05, 4.69) is 77.7 Å². The van der Waals surface area contributed by atoms with Gasteiger partial charge in [-0.05, 0) is 26.0 Å². The molecule has 5 aromatic rings. The molecule has 3 aromatic carbocycles. The Morgan fingerprint density at radius 3 is 2.29 bits per heavy atom. The second-order valence-corrected chi connectivity index (χ2v) is 10.2.